The molecule has 0 N–H and O–H groups in total. The number of fused-ring (bicyclic) bond motifs is 1. The zero-order valence-corrected chi connectivity index (χ0v) is 10.0. The van der Waals surface area contributed by atoms with Gasteiger partial charge < -0.3 is 9.64 Å². The van der Waals surface area contributed by atoms with Crippen LogP contribution in [0.2, 0.25) is 0 Å². The van der Waals surface area contributed by atoms with Crippen molar-refractivity contribution in [2.75, 3.05) is 25.1 Å². The molecule has 0 amide bonds. The second-order valence-electron chi connectivity index (χ2n) is 4.06. The minimum atomic E-state index is 0.368. The fraction of sp³-hybridized carbons (Fsp3) is 0.417. The summed E-state index contributed by atoms with van der Waals surface area (Å²) in [7, 11) is 1.78. The number of anilines is 1. The molecule has 16 heavy (non-hydrogen) atoms. The molecule has 0 unspecified atom stereocenters. The van der Waals surface area contributed by atoms with E-state index in [2.05, 4.69) is 28.1 Å². The summed E-state index contributed by atoms with van der Waals surface area (Å²) in [5.74, 6) is 0. The molecule has 1 atom stereocenters. The number of aromatic nitrogens is 1. The van der Waals surface area contributed by atoms with E-state index >= 15 is 0 Å². The number of hydrogen-bond acceptors (Lipinski definition) is 4. The topological polar surface area (TPSA) is 25.4 Å². The van der Waals surface area contributed by atoms with Crippen LogP contribution in [0.3, 0.4) is 0 Å². The highest BCUT2D eigenvalue weighted by atomic mass is 32.1. The summed E-state index contributed by atoms with van der Waals surface area (Å²) in [6, 6.07) is 8.29. The minimum absolute atomic E-state index is 0.368. The van der Waals surface area contributed by atoms with E-state index in [0.717, 1.165) is 30.2 Å². The molecule has 0 aliphatic carbocycles. The first kappa shape index (κ1) is 10.1. The maximum atomic E-state index is 5.37. The first-order chi connectivity index (χ1) is 7.86. The second kappa shape index (κ2) is 4.03. The Morgan fingerprint density at radius 1 is 1.44 bits per heavy atom. The van der Waals surface area contributed by atoms with Crippen LogP contribution in [-0.4, -0.2) is 31.3 Å². The van der Waals surface area contributed by atoms with Crippen LogP contribution in [0.5, 0.6) is 0 Å². The van der Waals surface area contributed by atoms with Gasteiger partial charge in [0, 0.05) is 20.2 Å². The SMILES string of the molecule is CO[C@@H]1CCN(c2nc3ccccc3s2)C1. The van der Waals surface area contributed by atoms with Gasteiger partial charge in [-0.2, -0.15) is 0 Å². The first-order valence-corrected chi connectivity index (χ1v) is 6.32. The highest BCUT2D eigenvalue weighted by Gasteiger charge is 2.24. The van der Waals surface area contributed by atoms with Gasteiger partial charge in [0.05, 0.1) is 16.3 Å². The largest absolute Gasteiger partial charge is 0.380 e. The zero-order chi connectivity index (χ0) is 11.0. The average Bonchev–Trinajstić information content (AvgIpc) is 2.95. The van der Waals surface area contributed by atoms with E-state index < -0.39 is 0 Å². The third-order valence-electron chi connectivity index (χ3n) is 3.03. The van der Waals surface area contributed by atoms with Crippen molar-refractivity contribution < 1.29 is 4.74 Å². The number of rotatable bonds is 2. The number of methoxy groups -OCH3 is 1. The number of para-hydroxylation sites is 1. The lowest BCUT2D eigenvalue weighted by atomic mass is 10.3. The Kier molecular flexibility index (Phi) is 2.53. The van der Waals surface area contributed by atoms with Crippen LogP contribution in [0, 0.1) is 0 Å². The Bertz CT molecular complexity index is 463. The van der Waals surface area contributed by atoms with Crippen molar-refractivity contribution in [2.45, 2.75) is 12.5 Å². The Morgan fingerprint density at radius 2 is 2.31 bits per heavy atom. The summed E-state index contributed by atoms with van der Waals surface area (Å²) in [6.07, 6.45) is 1.47. The van der Waals surface area contributed by atoms with E-state index in [1.165, 1.54) is 4.70 Å². The standard InChI is InChI=1S/C12H14N2OS/c1-15-9-6-7-14(8-9)12-13-10-4-2-3-5-11(10)16-12/h2-5,9H,6-8H2,1H3/t9-/m1/s1. The molecule has 2 heterocycles. The van der Waals surface area contributed by atoms with Crippen molar-refractivity contribution in [1.29, 1.82) is 0 Å². The number of nitrogens with zero attached hydrogens (tertiary/aromatic N) is 2. The summed E-state index contributed by atoms with van der Waals surface area (Å²) in [6.45, 7) is 2.02. The molecule has 84 valence electrons. The molecule has 0 spiro atoms. The number of benzene rings is 1. The molecule has 3 nitrogen and oxygen atoms in total. The first-order valence-electron chi connectivity index (χ1n) is 5.50. The van der Waals surface area contributed by atoms with Gasteiger partial charge >= 0.3 is 0 Å². The van der Waals surface area contributed by atoms with Crippen molar-refractivity contribution in [3.8, 4) is 0 Å². The smallest absolute Gasteiger partial charge is 0.186 e. The summed E-state index contributed by atoms with van der Waals surface area (Å²) in [4.78, 5) is 6.97. The van der Waals surface area contributed by atoms with Crippen LogP contribution >= 0.6 is 11.3 Å². The Balaban J connectivity index is 1.89. The van der Waals surface area contributed by atoms with Gasteiger partial charge in [-0.05, 0) is 18.6 Å². The van der Waals surface area contributed by atoms with Crippen molar-refractivity contribution in [1.82, 2.24) is 4.98 Å². The Hall–Kier alpha value is -1.13. The van der Waals surface area contributed by atoms with Crippen LogP contribution < -0.4 is 4.90 Å². The summed E-state index contributed by atoms with van der Waals surface area (Å²) in [5, 5.41) is 1.13. The van der Waals surface area contributed by atoms with Gasteiger partial charge in [0.25, 0.3) is 0 Å². The lowest BCUT2D eigenvalue weighted by molar-refractivity contribution is 0.121. The van der Waals surface area contributed by atoms with Crippen molar-refractivity contribution in [3.05, 3.63) is 24.3 Å². The van der Waals surface area contributed by atoms with Crippen molar-refractivity contribution >= 4 is 26.7 Å². The Labute approximate surface area is 98.7 Å². The van der Waals surface area contributed by atoms with E-state index in [0.29, 0.717) is 6.10 Å². The highest BCUT2D eigenvalue weighted by molar-refractivity contribution is 7.22. The summed E-state index contributed by atoms with van der Waals surface area (Å²) < 4.78 is 6.63. The van der Waals surface area contributed by atoms with Crippen LogP contribution in [0.4, 0.5) is 5.13 Å². The molecule has 0 bridgehead atoms. The van der Waals surface area contributed by atoms with E-state index in [-0.39, 0.29) is 0 Å². The average molecular weight is 234 g/mol. The number of hydrogen-bond donors (Lipinski definition) is 0. The maximum Gasteiger partial charge on any atom is 0.186 e. The molecule has 1 aromatic carbocycles. The lowest BCUT2D eigenvalue weighted by Gasteiger charge is -2.13. The van der Waals surface area contributed by atoms with Crippen LogP contribution in [-0.2, 0) is 4.74 Å². The molecular formula is C12H14N2OS. The number of thiazole rings is 1. The van der Waals surface area contributed by atoms with Crippen LogP contribution in [0.15, 0.2) is 24.3 Å². The van der Waals surface area contributed by atoms with Gasteiger partial charge in [-0.15, -0.1) is 0 Å². The molecule has 1 saturated heterocycles. The van der Waals surface area contributed by atoms with Crippen molar-refractivity contribution in [3.63, 3.8) is 0 Å². The maximum absolute atomic E-state index is 5.37. The number of ether oxygens (including phenoxy) is 1. The molecule has 1 aliphatic heterocycles. The van der Waals surface area contributed by atoms with Gasteiger partial charge in [0.15, 0.2) is 5.13 Å². The van der Waals surface area contributed by atoms with Crippen LogP contribution in [0.25, 0.3) is 10.2 Å². The third-order valence-corrected chi connectivity index (χ3v) is 4.13. The predicted octanol–water partition coefficient (Wildman–Crippen LogP) is 2.52. The second-order valence-corrected chi connectivity index (χ2v) is 5.07. The molecule has 0 radical (unpaired) electrons. The fourth-order valence-corrected chi connectivity index (χ4v) is 3.09. The molecule has 1 fully saturated rings. The van der Waals surface area contributed by atoms with Crippen LogP contribution in [0.1, 0.15) is 6.42 Å². The molecule has 3 rings (SSSR count). The van der Waals surface area contributed by atoms with E-state index in [1.54, 1.807) is 18.4 Å². The monoisotopic (exact) mass is 234 g/mol. The van der Waals surface area contributed by atoms with Gasteiger partial charge in [0.1, 0.15) is 0 Å². The fourth-order valence-electron chi connectivity index (χ4n) is 2.09. The van der Waals surface area contributed by atoms with Gasteiger partial charge in [-0.3, -0.25) is 0 Å². The highest BCUT2D eigenvalue weighted by Crippen LogP contribution is 2.30. The van der Waals surface area contributed by atoms with E-state index in [1.807, 2.05) is 6.07 Å². The molecule has 1 aromatic heterocycles. The van der Waals surface area contributed by atoms with Crippen molar-refractivity contribution in [2.24, 2.45) is 0 Å². The normalized spacial score (nSPS) is 20.8. The minimum Gasteiger partial charge on any atom is -0.380 e. The molecule has 0 saturated carbocycles. The van der Waals surface area contributed by atoms with Gasteiger partial charge in [-0.1, -0.05) is 23.5 Å². The zero-order valence-electron chi connectivity index (χ0n) is 9.22. The molecular weight excluding hydrogens is 220 g/mol. The molecule has 2 aromatic rings. The van der Waals surface area contributed by atoms with E-state index in [9.17, 15) is 0 Å². The molecule has 1 aliphatic rings. The Morgan fingerprint density at radius 3 is 3.06 bits per heavy atom. The summed E-state index contributed by atoms with van der Waals surface area (Å²) in [5.41, 5.74) is 1.10. The predicted molar refractivity (Wildman–Crippen MR) is 67.2 cm³/mol. The quantitative estimate of drug-likeness (QED) is 0.798. The lowest BCUT2D eigenvalue weighted by Crippen LogP contribution is -2.21. The van der Waals surface area contributed by atoms with E-state index in [4.69, 9.17) is 4.74 Å². The van der Waals surface area contributed by atoms with Gasteiger partial charge in [-0.25, -0.2) is 4.98 Å². The summed E-state index contributed by atoms with van der Waals surface area (Å²) >= 11 is 1.77. The third kappa shape index (κ3) is 1.68. The molecule has 4 heteroatoms. The van der Waals surface area contributed by atoms with Gasteiger partial charge in [0.2, 0.25) is 0 Å².